The molecule has 2 unspecified atom stereocenters. The Hall–Kier alpha value is -2.23. The van der Waals surface area contributed by atoms with Gasteiger partial charge in [0.25, 0.3) is 0 Å². The van der Waals surface area contributed by atoms with Crippen LogP contribution in [-0.4, -0.2) is 13.7 Å². The number of halogens is 1. The molecule has 0 aliphatic carbocycles. The second-order valence-electron chi connectivity index (χ2n) is 6.33. The number of para-hydroxylation sites is 1. The SMILES string of the molecule is COc1ccccc1C(CCNC(C)c1ccc(Cl)cc1)c1ccco1. The van der Waals surface area contributed by atoms with Crippen molar-refractivity contribution in [3.8, 4) is 5.75 Å². The number of rotatable bonds is 8. The maximum absolute atomic E-state index is 5.97. The Labute approximate surface area is 159 Å². The molecule has 0 aliphatic heterocycles. The van der Waals surface area contributed by atoms with Crippen molar-refractivity contribution in [1.29, 1.82) is 0 Å². The average Bonchev–Trinajstić information content (AvgIpc) is 3.20. The van der Waals surface area contributed by atoms with Crippen LogP contribution >= 0.6 is 11.6 Å². The molecule has 136 valence electrons. The number of benzene rings is 2. The Kier molecular flexibility index (Phi) is 6.37. The Morgan fingerprint density at radius 3 is 2.50 bits per heavy atom. The first-order chi connectivity index (χ1) is 12.7. The Bertz CT molecular complexity index is 799. The molecule has 0 fully saturated rings. The van der Waals surface area contributed by atoms with Crippen molar-refractivity contribution < 1.29 is 9.15 Å². The van der Waals surface area contributed by atoms with Gasteiger partial charge in [0.05, 0.1) is 13.4 Å². The highest BCUT2D eigenvalue weighted by Crippen LogP contribution is 2.34. The van der Waals surface area contributed by atoms with Gasteiger partial charge >= 0.3 is 0 Å². The van der Waals surface area contributed by atoms with Crippen LogP contribution in [0.15, 0.2) is 71.3 Å². The van der Waals surface area contributed by atoms with E-state index >= 15 is 0 Å². The Morgan fingerprint density at radius 2 is 1.81 bits per heavy atom. The fourth-order valence-electron chi connectivity index (χ4n) is 3.21. The molecule has 26 heavy (non-hydrogen) atoms. The van der Waals surface area contributed by atoms with Crippen LogP contribution in [0.4, 0.5) is 0 Å². The molecule has 0 radical (unpaired) electrons. The van der Waals surface area contributed by atoms with E-state index in [2.05, 4.69) is 30.4 Å². The predicted molar refractivity (Wildman–Crippen MR) is 106 cm³/mol. The summed E-state index contributed by atoms with van der Waals surface area (Å²) in [6.45, 7) is 3.02. The maximum Gasteiger partial charge on any atom is 0.122 e. The summed E-state index contributed by atoms with van der Waals surface area (Å²) in [5, 5.41) is 4.35. The quantitative estimate of drug-likeness (QED) is 0.543. The first kappa shape index (κ1) is 18.6. The predicted octanol–water partition coefficient (Wildman–Crippen LogP) is 5.81. The third-order valence-electron chi connectivity index (χ3n) is 4.65. The van der Waals surface area contributed by atoms with E-state index in [0.29, 0.717) is 0 Å². The lowest BCUT2D eigenvalue weighted by Crippen LogP contribution is -2.22. The molecule has 0 spiro atoms. The number of methoxy groups -OCH3 is 1. The van der Waals surface area contributed by atoms with Gasteiger partial charge in [0, 0.05) is 22.5 Å². The minimum absolute atomic E-state index is 0.145. The van der Waals surface area contributed by atoms with Crippen LogP contribution in [0, 0.1) is 0 Å². The molecule has 0 amide bonds. The van der Waals surface area contributed by atoms with E-state index in [-0.39, 0.29) is 12.0 Å². The first-order valence-electron chi connectivity index (χ1n) is 8.84. The summed E-state index contributed by atoms with van der Waals surface area (Å²) in [5.41, 5.74) is 2.37. The number of hydrogen-bond donors (Lipinski definition) is 1. The first-order valence-corrected chi connectivity index (χ1v) is 9.22. The van der Waals surface area contributed by atoms with Gasteiger partial charge in [-0.05, 0) is 55.8 Å². The molecule has 0 saturated carbocycles. The molecule has 2 atom stereocenters. The van der Waals surface area contributed by atoms with E-state index in [0.717, 1.165) is 35.1 Å². The fourth-order valence-corrected chi connectivity index (χ4v) is 3.33. The van der Waals surface area contributed by atoms with Crippen molar-refractivity contribution in [2.24, 2.45) is 0 Å². The summed E-state index contributed by atoms with van der Waals surface area (Å²) in [6.07, 6.45) is 2.63. The van der Waals surface area contributed by atoms with Gasteiger partial charge in [-0.15, -0.1) is 0 Å². The number of nitrogens with one attached hydrogen (secondary N) is 1. The van der Waals surface area contributed by atoms with E-state index in [4.69, 9.17) is 20.8 Å². The van der Waals surface area contributed by atoms with Crippen molar-refractivity contribution in [2.75, 3.05) is 13.7 Å². The van der Waals surface area contributed by atoms with Gasteiger partial charge in [-0.25, -0.2) is 0 Å². The van der Waals surface area contributed by atoms with E-state index in [1.54, 1.807) is 13.4 Å². The normalized spacial score (nSPS) is 13.3. The van der Waals surface area contributed by atoms with E-state index in [9.17, 15) is 0 Å². The van der Waals surface area contributed by atoms with Crippen molar-refractivity contribution in [2.45, 2.75) is 25.3 Å². The zero-order valence-corrected chi connectivity index (χ0v) is 15.9. The highest BCUT2D eigenvalue weighted by atomic mass is 35.5. The van der Waals surface area contributed by atoms with Gasteiger partial charge in [0.15, 0.2) is 0 Å². The minimum atomic E-state index is 0.145. The number of furan rings is 1. The summed E-state index contributed by atoms with van der Waals surface area (Å²) >= 11 is 5.97. The molecule has 1 heterocycles. The van der Waals surface area contributed by atoms with Gasteiger partial charge in [0.2, 0.25) is 0 Å². The van der Waals surface area contributed by atoms with Crippen LogP contribution in [0.3, 0.4) is 0 Å². The minimum Gasteiger partial charge on any atom is -0.496 e. The average molecular weight is 370 g/mol. The van der Waals surface area contributed by atoms with Gasteiger partial charge in [-0.1, -0.05) is 41.9 Å². The molecule has 0 bridgehead atoms. The zero-order valence-electron chi connectivity index (χ0n) is 15.1. The lowest BCUT2D eigenvalue weighted by molar-refractivity contribution is 0.397. The second-order valence-corrected chi connectivity index (χ2v) is 6.76. The molecular formula is C22H24ClNO2. The van der Waals surface area contributed by atoms with Crippen molar-refractivity contribution in [1.82, 2.24) is 5.32 Å². The molecule has 3 aromatic rings. The lowest BCUT2D eigenvalue weighted by atomic mass is 9.92. The molecule has 3 rings (SSSR count). The zero-order chi connectivity index (χ0) is 18.4. The molecule has 3 nitrogen and oxygen atoms in total. The van der Waals surface area contributed by atoms with Gasteiger partial charge in [-0.2, -0.15) is 0 Å². The lowest BCUT2D eigenvalue weighted by Gasteiger charge is -2.20. The van der Waals surface area contributed by atoms with Crippen LogP contribution in [0.2, 0.25) is 5.02 Å². The molecular weight excluding hydrogens is 346 g/mol. The van der Waals surface area contributed by atoms with Gasteiger partial charge in [-0.3, -0.25) is 0 Å². The summed E-state index contributed by atoms with van der Waals surface area (Å²) in [5.74, 6) is 1.99. The van der Waals surface area contributed by atoms with E-state index in [1.807, 2.05) is 42.5 Å². The topological polar surface area (TPSA) is 34.4 Å². The van der Waals surface area contributed by atoms with E-state index in [1.165, 1.54) is 5.56 Å². The highest BCUT2D eigenvalue weighted by Gasteiger charge is 2.20. The summed E-state index contributed by atoms with van der Waals surface area (Å²) < 4.78 is 11.3. The molecule has 1 aromatic heterocycles. The number of ether oxygens (including phenoxy) is 1. The summed E-state index contributed by atoms with van der Waals surface area (Å²) in [4.78, 5) is 0. The Morgan fingerprint density at radius 1 is 1.04 bits per heavy atom. The Balaban J connectivity index is 1.70. The monoisotopic (exact) mass is 369 g/mol. The molecule has 2 aromatic carbocycles. The fraction of sp³-hybridized carbons (Fsp3) is 0.273. The standard InChI is InChI=1S/C22H24ClNO2/c1-16(17-9-11-18(23)12-10-17)24-14-13-20(22-8-5-15-26-22)19-6-3-4-7-21(19)25-2/h3-12,15-16,20,24H,13-14H2,1-2H3. The van der Waals surface area contributed by atoms with Crippen molar-refractivity contribution in [3.05, 3.63) is 88.8 Å². The maximum atomic E-state index is 5.97. The molecule has 1 N–H and O–H groups in total. The smallest absolute Gasteiger partial charge is 0.122 e. The molecule has 0 aliphatic rings. The van der Waals surface area contributed by atoms with Gasteiger partial charge in [0.1, 0.15) is 11.5 Å². The van der Waals surface area contributed by atoms with Crippen LogP contribution < -0.4 is 10.1 Å². The van der Waals surface area contributed by atoms with Gasteiger partial charge < -0.3 is 14.5 Å². The second kappa shape index (κ2) is 8.93. The van der Waals surface area contributed by atoms with Crippen molar-refractivity contribution >= 4 is 11.6 Å². The third kappa shape index (κ3) is 4.48. The highest BCUT2D eigenvalue weighted by molar-refractivity contribution is 6.30. The van der Waals surface area contributed by atoms with Crippen LogP contribution in [0.25, 0.3) is 0 Å². The number of hydrogen-bond acceptors (Lipinski definition) is 3. The van der Waals surface area contributed by atoms with E-state index < -0.39 is 0 Å². The largest absolute Gasteiger partial charge is 0.496 e. The van der Waals surface area contributed by atoms with Crippen LogP contribution in [0.1, 0.15) is 42.2 Å². The van der Waals surface area contributed by atoms with Crippen molar-refractivity contribution in [3.63, 3.8) is 0 Å². The molecule has 4 heteroatoms. The summed E-state index contributed by atoms with van der Waals surface area (Å²) in [7, 11) is 1.71. The molecule has 0 saturated heterocycles. The van der Waals surface area contributed by atoms with Crippen LogP contribution in [0.5, 0.6) is 5.75 Å². The summed E-state index contributed by atoms with van der Waals surface area (Å²) in [6, 6.07) is 20.3. The third-order valence-corrected chi connectivity index (χ3v) is 4.91. The van der Waals surface area contributed by atoms with Crippen LogP contribution in [-0.2, 0) is 0 Å².